The molecule has 1 aliphatic rings. The minimum atomic E-state index is 0.0516. The maximum atomic E-state index is 11.6. The van der Waals surface area contributed by atoms with Crippen LogP contribution in [-0.4, -0.2) is 21.3 Å². The Balaban J connectivity index is 2.21. The molecule has 20 heavy (non-hydrogen) atoms. The van der Waals surface area contributed by atoms with Crippen molar-refractivity contribution < 1.29 is 4.79 Å². The number of unbranched alkanes of at least 4 members (excludes halogenated alkanes) is 2. The number of ketones is 1. The number of carbonyl (C=O) groups excluding carboxylic acids is 1. The SMILES string of the molecule is CCCCCn1ncc(C#N)c1N=C1CC(=O)C(C)C1. The van der Waals surface area contributed by atoms with E-state index in [9.17, 15) is 4.79 Å². The molecule has 0 aromatic carbocycles. The van der Waals surface area contributed by atoms with E-state index >= 15 is 0 Å². The first-order valence-electron chi connectivity index (χ1n) is 7.20. The minimum Gasteiger partial charge on any atom is -0.299 e. The van der Waals surface area contributed by atoms with E-state index in [-0.39, 0.29) is 11.7 Å². The van der Waals surface area contributed by atoms with Gasteiger partial charge in [-0.1, -0.05) is 26.7 Å². The highest BCUT2D eigenvalue weighted by Crippen LogP contribution is 2.25. The Morgan fingerprint density at radius 1 is 1.55 bits per heavy atom. The van der Waals surface area contributed by atoms with Crippen molar-refractivity contribution in [3.63, 3.8) is 0 Å². The van der Waals surface area contributed by atoms with Gasteiger partial charge in [-0.15, -0.1) is 0 Å². The maximum absolute atomic E-state index is 11.6. The lowest BCUT2D eigenvalue weighted by Gasteiger charge is -2.04. The monoisotopic (exact) mass is 272 g/mol. The van der Waals surface area contributed by atoms with Gasteiger partial charge in [0.25, 0.3) is 0 Å². The molecule has 0 bridgehead atoms. The molecule has 0 N–H and O–H groups in total. The zero-order valence-corrected chi connectivity index (χ0v) is 12.1. The molecule has 5 nitrogen and oxygen atoms in total. The molecular formula is C15H20N4O. The molecule has 1 saturated carbocycles. The van der Waals surface area contributed by atoms with Gasteiger partial charge in [-0.25, -0.2) is 9.67 Å². The molecule has 1 heterocycles. The highest BCUT2D eigenvalue weighted by Gasteiger charge is 2.26. The molecule has 5 heteroatoms. The zero-order valence-electron chi connectivity index (χ0n) is 12.1. The number of Topliss-reactive ketones (excluding diaryl/α,β-unsaturated/α-hetero) is 1. The largest absolute Gasteiger partial charge is 0.299 e. The highest BCUT2D eigenvalue weighted by atomic mass is 16.1. The molecule has 0 spiro atoms. The van der Waals surface area contributed by atoms with Crippen LogP contribution in [-0.2, 0) is 11.3 Å². The third kappa shape index (κ3) is 3.13. The molecule has 1 fully saturated rings. The Morgan fingerprint density at radius 2 is 2.35 bits per heavy atom. The van der Waals surface area contributed by atoms with E-state index in [2.05, 4.69) is 23.1 Å². The van der Waals surface area contributed by atoms with Gasteiger partial charge in [0, 0.05) is 24.6 Å². The van der Waals surface area contributed by atoms with Gasteiger partial charge in [0.2, 0.25) is 0 Å². The number of carbonyl (C=O) groups is 1. The molecule has 1 atom stereocenters. The average Bonchev–Trinajstić information content (AvgIpc) is 2.95. The lowest BCUT2D eigenvalue weighted by atomic mass is 10.1. The molecule has 1 aromatic rings. The van der Waals surface area contributed by atoms with Gasteiger partial charge in [0.1, 0.15) is 17.4 Å². The molecular weight excluding hydrogens is 252 g/mol. The minimum absolute atomic E-state index is 0.0516. The van der Waals surface area contributed by atoms with Crippen LogP contribution in [0.3, 0.4) is 0 Å². The third-order valence-electron chi connectivity index (χ3n) is 3.64. The number of nitrogens with zero attached hydrogens (tertiary/aromatic N) is 4. The lowest BCUT2D eigenvalue weighted by molar-refractivity contribution is -0.119. The Labute approximate surface area is 119 Å². The fraction of sp³-hybridized carbons (Fsp3) is 0.600. The summed E-state index contributed by atoms with van der Waals surface area (Å²) in [5, 5.41) is 13.4. The van der Waals surface area contributed by atoms with E-state index in [1.165, 1.54) is 0 Å². The molecule has 0 amide bonds. The third-order valence-corrected chi connectivity index (χ3v) is 3.64. The molecule has 1 aromatic heterocycles. The number of aryl methyl sites for hydroxylation is 1. The second-order valence-corrected chi connectivity index (χ2v) is 5.35. The smallest absolute Gasteiger partial charge is 0.168 e. The summed E-state index contributed by atoms with van der Waals surface area (Å²) in [6.07, 6.45) is 5.97. The normalized spacial score (nSPS) is 20.6. The molecule has 0 radical (unpaired) electrons. The van der Waals surface area contributed by atoms with E-state index < -0.39 is 0 Å². The fourth-order valence-electron chi connectivity index (χ4n) is 2.40. The van der Waals surface area contributed by atoms with Crippen molar-refractivity contribution in [2.75, 3.05) is 0 Å². The van der Waals surface area contributed by atoms with E-state index in [1.54, 1.807) is 10.9 Å². The van der Waals surface area contributed by atoms with Gasteiger partial charge in [0.05, 0.1) is 6.20 Å². The topological polar surface area (TPSA) is 71.0 Å². The lowest BCUT2D eigenvalue weighted by Crippen LogP contribution is -2.01. The van der Waals surface area contributed by atoms with Gasteiger partial charge < -0.3 is 0 Å². The summed E-state index contributed by atoms with van der Waals surface area (Å²) in [4.78, 5) is 16.1. The number of nitriles is 1. The maximum Gasteiger partial charge on any atom is 0.168 e. The van der Waals surface area contributed by atoms with Crippen LogP contribution in [0.15, 0.2) is 11.2 Å². The number of rotatable bonds is 5. The number of hydrogen-bond donors (Lipinski definition) is 0. The Hall–Kier alpha value is -1.96. The number of aromatic nitrogens is 2. The predicted molar refractivity (Wildman–Crippen MR) is 77.0 cm³/mol. The summed E-state index contributed by atoms with van der Waals surface area (Å²) < 4.78 is 1.79. The van der Waals surface area contributed by atoms with E-state index in [0.29, 0.717) is 24.2 Å². The quantitative estimate of drug-likeness (QED) is 0.773. The van der Waals surface area contributed by atoms with Crippen LogP contribution >= 0.6 is 0 Å². The Morgan fingerprint density at radius 3 is 2.95 bits per heavy atom. The van der Waals surface area contributed by atoms with Crippen LogP contribution in [0.2, 0.25) is 0 Å². The van der Waals surface area contributed by atoms with Crippen molar-refractivity contribution in [1.29, 1.82) is 5.26 Å². The zero-order chi connectivity index (χ0) is 14.5. The van der Waals surface area contributed by atoms with Crippen LogP contribution < -0.4 is 0 Å². The predicted octanol–water partition coefficient (Wildman–Crippen LogP) is 3.02. The highest BCUT2D eigenvalue weighted by molar-refractivity contribution is 6.10. The van der Waals surface area contributed by atoms with Gasteiger partial charge in [-0.3, -0.25) is 4.79 Å². The summed E-state index contributed by atoms with van der Waals surface area (Å²) in [7, 11) is 0. The molecule has 0 saturated heterocycles. The van der Waals surface area contributed by atoms with Crippen LogP contribution in [0, 0.1) is 17.2 Å². The van der Waals surface area contributed by atoms with Gasteiger partial charge in [-0.05, 0) is 12.8 Å². The second kappa shape index (κ2) is 6.47. The summed E-state index contributed by atoms with van der Waals surface area (Å²) >= 11 is 0. The summed E-state index contributed by atoms with van der Waals surface area (Å²) in [5.74, 6) is 0.899. The first kappa shape index (κ1) is 14.4. The van der Waals surface area contributed by atoms with Crippen LogP contribution in [0.25, 0.3) is 0 Å². The van der Waals surface area contributed by atoms with Crippen LogP contribution in [0.1, 0.15) is 51.5 Å². The van der Waals surface area contributed by atoms with Crippen LogP contribution in [0.4, 0.5) is 5.82 Å². The van der Waals surface area contributed by atoms with Crippen LogP contribution in [0.5, 0.6) is 0 Å². The second-order valence-electron chi connectivity index (χ2n) is 5.35. The molecule has 1 unspecified atom stereocenters. The standard InChI is InChI=1S/C15H20N4O/c1-3-4-5-6-19-15(12(9-16)10-17-19)18-13-7-11(2)14(20)8-13/h10-11H,3-8H2,1-2H3. The Bertz CT molecular complexity index is 565. The molecule has 2 rings (SSSR count). The van der Waals surface area contributed by atoms with Crippen molar-refractivity contribution >= 4 is 17.3 Å². The van der Waals surface area contributed by atoms with Gasteiger partial charge >= 0.3 is 0 Å². The first-order chi connectivity index (χ1) is 9.65. The van der Waals surface area contributed by atoms with E-state index in [4.69, 9.17) is 5.26 Å². The van der Waals surface area contributed by atoms with Gasteiger partial charge in [-0.2, -0.15) is 10.4 Å². The summed E-state index contributed by atoms with van der Waals surface area (Å²) in [6, 6.07) is 2.13. The molecule has 106 valence electrons. The van der Waals surface area contributed by atoms with Crippen molar-refractivity contribution in [3.05, 3.63) is 11.8 Å². The van der Waals surface area contributed by atoms with E-state index in [0.717, 1.165) is 31.5 Å². The molecule has 1 aliphatic carbocycles. The van der Waals surface area contributed by atoms with Crippen molar-refractivity contribution in [2.24, 2.45) is 10.9 Å². The number of aliphatic imine (C=N–C) groups is 1. The number of hydrogen-bond acceptors (Lipinski definition) is 4. The average molecular weight is 272 g/mol. The van der Waals surface area contributed by atoms with Crippen molar-refractivity contribution in [1.82, 2.24) is 9.78 Å². The Kier molecular flexibility index (Phi) is 4.67. The first-order valence-corrected chi connectivity index (χ1v) is 7.20. The summed E-state index contributed by atoms with van der Waals surface area (Å²) in [6.45, 7) is 4.84. The van der Waals surface area contributed by atoms with Crippen molar-refractivity contribution in [3.8, 4) is 6.07 Å². The van der Waals surface area contributed by atoms with E-state index in [1.807, 2.05) is 6.92 Å². The molecule has 0 aliphatic heterocycles. The fourth-order valence-corrected chi connectivity index (χ4v) is 2.40. The van der Waals surface area contributed by atoms with Gasteiger partial charge in [0.15, 0.2) is 5.82 Å². The van der Waals surface area contributed by atoms with Crippen molar-refractivity contribution in [2.45, 2.75) is 52.5 Å². The summed E-state index contributed by atoms with van der Waals surface area (Å²) in [5.41, 5.74) is 1.36.